The van der Waals surface area contributed by atoms with E-state index in [1.807, 2.05) is 0 Å². The standard InChI is InChI=1S/C16H28N2/c1-3-18-8-4-5-15(11-18)17-12(2)16-10-13-6-7-14(16)9-13/h6-7,12-17H,3-5,8-11H2,1-2H3. The molecular formula is C16H28N2. The molecular weight excluding hydrogens is 220 g/mol. The van der Waals surface area contributed by atoms with Crippen LogP contribution in [-0.4, -0.2) is 36.6 Å². The maximum atomic E-state index is 3.93. The highest BCUT2D eigenvalue weighted by Crippen LogP contribution is 2.44. The minimum Gasteiger partial charge on any atom is -0.310 e. The Morgan fingerprint density at radius 2 is 2.22 bits per heavy atom. The van der Waals surface area contributed by atoms with Gasteiger partial charge in [0.1, 0.15) is 0 Å². The number of hydrogen-bond acceptors (Lipinski definition) is 2. The molecule has 2 heteroatoms. The van der Waals surface area contributed by atoms with Crippen molar-refractivity contribution in [2.45, 2.75) is 51.6 Å². The molecule has 2 fully saturated rings. The number of fused-ring (bicyclic) bond motifs is 2. The van der Waals surface area contributed by atoms with Gasteiger partial charge in [0.05, 0.1) is 0 Å². The number of nitrogens with zero attached hydrogens (tertiary/aromatic N) is 1. The second kappa shape index (κ2) is 5.34. The predicted molar refractivity (Wildman–Crippen MR) is 76.6 cm³/mol. The number of nitrogens with one attached hydrogen (secondary N) is 1. The monoisotopic (exact) mass is 248 g/mol. The van der Waals surface area contributed by atoms with Crippen LogP contribution in [0.15, 0.2) is 12.2 Å². The van der Waals surface area contributed by atoms with Crippen molar-refractivity contribution < 1.29 is 0 Å². The molecule has 2 bridgehead atoms. The third kappa shape index (κ3) is 2.50. The van der Waals surface area contributed by atoms with Gasteiger partial charge in [0.15, 0.2) is 0 Å². The predicted octanol–water partition coefficient (Wildman–Crippen LogP) is 2.66. The highest BCUT2D eigenvalue weighted by molar-refractivity contribution is 5.11. The third-order valence-electron chi connectivity index (χ3n) is 5.42. The van der Waals surface area contributed by atoms with E-state index >= 15 is 0 Å². The summed E-state index contributed by atoms with van der Waals surface area (Å²) < 4.78 is 0. The fourth-order valence-electron chi connectivity index (χ4n) is 4.37. The Hall–Kier alpha value is -0.340. The van der Waals surface area contributed by atoms with Gasteiger partial charge in [0.25, 0.3) is 0 Å². The van der Waals surface area contributed by atoms with Crippen LogP contribution >= 0.6 is 0 Å². The molecule has 3 aliphatic rings. The van der Waals surface area contributed by atoms with Crippen LogP contribution < -0.4 is 5.32 Å². The molecule has 18 heavy (non-hydrogen) atoms. The van der Waals surface area contributed by atoms with Crippen molar-refractivity contribution in [1.29, 1.82) is 0 Å². The molecule has 0 aromatic rings. The number of likely N-dealkylation sites (N-methyl/N-ethyl adjacent to an activating group) is 1. The van der Waals surface area contributed by atoms with E-state index in [2.05, 4.69) is 36.2 Å². The molecule has 0 aromatic heterocycles. The topological polar surface area (TPSA) is 15.3 Å². The van der Waals surface area contributed by atoms with Gasteiger partial charge in [-0.15, -0.1) is 0 Å². The van der Waals surface area contributed by atoms with E-state index in [4.69, 9.17) is 0 Å². The van der Waals surface area contributed by atoms with Crippen LogP contribution in [0.4, 0.5) is 0 Å². The van der Waals surface area contributed by atoms with Crippen molar-refractivity contribution in [2.75, 3.05) is 19.6 Å². The van der Waals surface area contributed by atoms with Gasteiger partial charge in [0.2, 0.25) is 0 Å². The van der Waals surface area contributed by atoms with Crippen molar-refractivity contribution in [1.82, 2.24) is 10.2 Å². The molecule has 1 N–H and O–H groups in total. The molecule has 0 spiro atoms. The Balaban J connectivity index is 1.51. The second-order valence-electron chi connectivity index (χ2n) is 6.63. The van der Waals surface area contributed by atoms with Gasteiger partial charge in [0, 0.05) is 18.6 Å². The molecule has 0 amide bonds. The molecule has 0 radical (unpaired) electrons. The first kappa shape index (κ1) is 12.7. The zero-order valence-corrected chi connectivity index (χ0v) is 11.9. The molecule has 1 heterocycles. The zero-order valence-electron chi connectivity index (χ0n) is 11.9. The Morgan fingerprint density at radius 1 is 1.33 bits per heavy atom. The summed E-state index contributed by atoms with van der Waals surface area (Å²) >= 11 is 0. The minimum absolute atomic E-state index is 0.701. The van der Waals surface area contributed by atoms with Crippen LogP contribution in [0.2, 0.25) is 0 Å². The number of rotatable bonds is 4. The molecule has 1 saturated carbocycles. The largest absolute Gasteiger partial charge is 0.310 e. The second-order valence-corrected chi connectivity index (χ2v) is 6.63. The van der Waals surface area contributed by atoms with Crippen molar-refractivity contribution in [2.24, 2.45) is 17.8 Å². The molecule has 2 nitrogen and oxygen atoms in total. The number of likely N-dealkylation sites (tertiary alicyclic amines) is 1. The van der Waals surface area contributed by atoms with Crippen molar-refractivity contribution in [3.8, 4) is 0 Å². The summed E-state index contributed by atoms with van der Waals surface area (Å²) in [7, 11) is 0. The lowest BCUT2D eigenvalue weighted by atomic mass is 9.87. The number of allylic oxidation sites excluding steroid dienone is 2. The minimum atomic E-state index is 0.701. The van der Waals surface area contributed by atoms with Gasteiger partial charge < -0.3 is 10.2 Å². The lowest BCUT2D eigenvalue weighted by molar-refractivity contribution is 0.177. The summed E-state index contributed by atoms with van der Waals surface area (Å²) in [6.45, 7) is 8.48. The summed E-state index contributed by atoms with van der Waals surface area (Å²) in [4.78, 5) is 2.59. The Bertz CT molecular complexity index is 312. The van der Waals surface area contributed by atoms with Gasteiger partial charge in [-0.3, -0.25) is 0 Å². The average Bonchev–Trinajstić information content (AvgIpc) is 3.01. The number of hydrogen-bond donors (Lipinski definition) is 1. The van der Waals surface area contributed by atoms with Crippen LogP contribution in [0.3, 0.4) is 0 Å². The van der Waals surface area contributed by atoms with E-state index in [9.17, 15) is 0 Å². The van der Waals surface area contributed by atoms with Crippen LogP contribution in [0.5, 0.6) is 0 Å². The van der Waals surface area contributed by atoms with Gasteiger partial charge >= 0.3 is 0 Å². The molecule has 2 aliphatic carbocycles. The molecule has 5 atom stereocenters. The van der Waals surface area contributed by atoms with Crippen molar-refractivity contribution in [3.63, 3.8) is 0 Å². The first-order valence-electron chi connectivity index (χ1n) is 7.93. The molecule has 5 unspecified atom stereocenters. The fraction of sp³-hybridized carbons (Fsp3) is 0.875. The van der Waals surface area contributed by atoms with Gasteiger partial charge in [-0.25, -0.2) is 0 Å². The fourth-order valence-corrected chi connectivity index (χ4v) is 4.37. The highest BCUT2D eigenvalue weighted by Gasteiger charge is 2.39. The van der Waals surface area contributed by atoms with Gasteiger partial charge in [-0.1, -0.05) is 19.1 Å². The number of piperidine rings is 1. The molecule has 3 rings (SSSR count). The highest BCUT2D eigenvalue weighted by atomic mass is 15.2. The van der Waals surface area contributed by atoms with Crippen LogP contribution in [0.25, 0.3) is 0 Å². The molecule has 0 aromatic carbocycles. The van der Waals surface area contributed by atoms with Crippen molar-refractivity contribution >= 4 is 0 Å². The normalized spacial score (nSPS) is 41.4. The Labute approximate surface area is 112 Å². The summed E-state index contributed by atoms with van der Waals surface area (Å²) in [5, 5.41) is 3.93. The zero-order chi connectivity index (χ0) is 12.5. The van der Waals surface area contributed by atoms with E-state index in [0.717, 1.165) is 23.8 Å². The summed E-state index contributed by atoms with van der Waals surface area (Å²) in [6.07, 6.45) is 10.5. The molecule has 102 valence electrons. The van der Waals surface area contributed by atoms with E-state index in [0.29, 0.717) is 6.04 Å². The van der Waals surface area contributed by atoms with E-state index in [-0.39, 0.29) is 0 Å². The maximum absolute atomic E-state index is 3.93. The maximum Gasteiger partial charge on any atom is 0.0198 e. The van der Waals surface area contributed by atoms with Gasteiger partial charge in [-0.2, -0.15) is 0 Å². The average molecular weight is 248 g/mol. The van der Waals surface area contributed by atoms with Crippen LogP contribution in [0.1, 0.15) is 39.5 Å². The summed E-state index contributed by atoms with van der Waals surface area (Å²) in [5.41, 5.74) is 0. The van der Waals surface area contributed by atoms with Crippen LogP contribution in [0, 0.1) is 17.8 Å². The molecule has 1 saturated heterocycles. The Morgan fingerprint density at radius 3 is 2.89 bits per heavy atom. The first-order chi connectivity index (χ1) is 8.76. The third-order valence-corrected chi connectivity index (χ3v) is 5.42. The van der Waals surface area contributed by atoms with Crippen LogP contribution in [-0.2, 0) is 0 Å². The lowest BCUT2D eigenvalue weighted by Gasteiger charge is -2.36. The summed E-state index contributed by atoms with van der Waals surface area (Å²) in [6, 6.07) is 1.43. The smallest absolute Gasteiger partial charge is 0.0198 e. The van der Waals surface area contributed by atoms with Gasteiger partial charge in [-0.05, 0) is 63.5 Å². The lowest BCUT2D eigenvalue weighted by Crippen LogP contribution is -2.50. The quantitative estimate of drug-likeness (QED) is 0.770. The SMILES string of the molecule is CCN1CCCC(NC(C)C2CC3C=CC2C3)C1. The van der Waals surface area contributed by atoms with Crippen molar-refractivity contribution in [3.05, 3.63) is 12.2 Å². The van der Waals surface area contributed by atoms with E-state index in [1.165, 1.54) is 45.3 Å². The van der Waals surface area contributed by atoms with E-state index < -0.39 is 0 Å². The first-order valence-corrected chi connectivity index (χ1v) is 7.93. The van der Waals surface area contributed by atoms with E-state index in [1.54, 1.807) is 0 Å². The molecule has 1 aliphatic heterocycles. The summed E-state index contributed by atoms with van der Waals surface area (Å²) in [5.74, 6) is 2.68. The Kier molecular flexibility index (Phi) is 3.76.